The second kappa shape index (κ2) is 11.6. The van der Waals surface area contributed by atoms with Crippen molar-refractivity contribution >= 4 is 32.4 Å². The third-order valence-corrected chi connectivity index (χ3v) is 8.65. The maximum absolute atomic E-state index is 5.22. The molecule has 0 saturated heterocycles. The van der Waals surface area contributed by atoms with E-state index < -0.39 is 0 Å². The van der Waals surface area contributed by atoms with Gasteiger partial charge in [0.25, 0.3) is 0 Å². The SMILES string of the molecule is c1cncc(-c2nc(-c3cccnc3)nc(-c3cccc(-c4cccc(-c5nc6ccccc6c6c5ccc5ccccc56)c4)c3)n2)c1. The zero-order valence-corrected chi connectivity index (χ0v) is 25.7. The Balaban J connectivity index is 1.18. The summed E-state index contributed by atoms with van der Waals surface area (Å²) in [4.78, 5) is 28.4. The van der Waals surface area contributed by atoms with Gasteiger partial charge in [0, 0.05) is 63.2 Å². The predicted octanol–water partition coefficient (Wildman–Crippen LogP) is 9.85. The van der Waals surface area contributed by atoms with Crippen LogP contribution in [0.25, 0.3) is 89.0 Å². The van der Waals surface area contributed by atoms with E-state index in [0.717, 1.165) is 55.4 Å². The maximum Gasteiger partial charge on any atom is 0.165 e. The van der Waals surface area contributed by atoms with Crippen LogP contribution >= 0.6 is 0 Å². The molecule has 6 heteroatoms. The summed E-state index contributed by atoms with van der Waals surface area (Å²) in [6, 6.07) is 46.0. The van der Waals surface area contributed by atoms with Gasteiger partial charge in [-0.15, -0.1) is 0 Å². The molecule has 9 rings (SSSR count). The van der Waals surface area contributed by atoms with Gasteiger partial charge in [-0.2, -0.15) is 0 Å². The molecule has 0 N–H and O–H groups in total. The molecule has 48 heavy (non-hydrogen) atoms. The van der Waals surface area contributed by atoms with Gasteiger partial charge < -0.3 is 0 Å². The Kier molecular flexibility index (Phi) is 6.68. The first kappa shape index (κ1) is 27.6. The molecule has 5 aromatic carbocycles. The van der Waals surface area contributed by atoms with E-state index in [1.807, 2.05) is 36.4 Å². The average Bonchev–Trinajstić information content (AvgIpc) is 3.18. The highest BCUT2D eigenvalue weighted by Gasteiger charge is 2.16. The Labute approximate surface area is 276 Å². The minimum absolute atomic E-state index is 0.557. The zero-order valence-electron chi connectivity index (χ0n) is 25.7. The number of para-hydroxylation sites is 1. The van der Waals surface area contributed by atoms with E-state index in [9.17, 15) is 0 Å². The molecule has 0 fully saturated rings. The number of nitrogens with zero attached hydrogens (tertiary/aromatic N) is 6. The molecule has 6 nitrogen and oxygen atoms in total. The first-order valence-electron chi connectivity index (χ1n) is 15.8. The fourth-order valence-electron chi connectivity index (χ4n) is 6.38. The van der Waals surface area contributed by atoms with Crippen molar-refractivity contribution in [2.75, 3.05) is 0 Å². The molecule has 0 bridgehead atoms. The van der Waals surface area contributed by atoms with Crippen LogP contribution < -0.4 is 0 Å². The Morgan fingerprint density at radius 3 is 1.60 bits per heavy atom. The summed E-state index contributed by atoms with van der Waals surface area (Å²) >= 11 is 0. The van der Waals surface area contributed by atoms with E-state index in [0.29, 0.717) is 17.5 Å². The molecule has 0 aliphatic carbocycles. The number of aromatic nitrogens is 6. The lowest BCUT2D eigenvalue weighted by atomic mass is 9.94. The van der Waals surface area contributed by atoms with Crippen LogP contribution in [0.4, 0.5) is 0 Å². The molecule has 0 amide bonds. The molecule has 224 valence electrons. The van der Waals surface area contributed by atoms with E-state index in [1.165, 1.54) is 16.2 Å². The lowest BCUT2D eigenvalue weighted by Crippen LogP contribution is -2.00. The largest absolute Gasteiger partial charge is 0.264 e. The van der Waals surface area contributed by atoms with Gasteiger partial charge in [-0.1, -0.05) is 91.0 Å². The summed E-state index contributed by atoms with van der Waals surface area (Å²) < 4.78 is 0. The average molecular weight is 615 g/mol. The van der Waals surface area contributed by atoms with Gasteiger partial charge in [-0.3, -0.25) is 9.97 Å². The van der Waals surface area contributed by atoms with E-state index in [2.05, 4.69) is 107 Å². The second-order valence-corrected chi connectivity index (χ2v) is 11.6. The maximum atomic E-state index is 5.22. The monoisotopic (exact) mass is 614 g/mol. The number of hydrogen-bond acceptors (Lipinski definition) is 6. The Hall–Kier alpha value is -6.66. The van der Waals surface area contributed by atoms with Gasteiger partial charge in [-0.05, 0) is 64.4 Å². The molecule has 0 aliphatic rings. The van der Waals surface area contributed by atoms with Crippen molar-refractivity contribution in [3.63, 3.8) is 0 Å². The number of fused-ring (bicyclic) bond motifs is 5. The van der Waals surface area contributed by atoms with Gasteiger partial charge in [0.05, 0.1) is 11.2 Å². The molecule has 0 radical (unpaired) electrons. The Morgan fingerprint density at radius 1 is 0.354 bits per heavy atom. The van der Waals surface area contributed by atoms with Crippen LogP contribution in [0.1, 0.15) is 0 Å². The topological polar surface area (TPSA) is 77.3 Å². The molecule has 0 saturated carbocycles. The molecule has 0 aliphatic heterocycles. The zero-order chi connectivity index (χ0) is 31.9. The Morgan fingerprint density at radius 2 is 0.917 bits per heavy atom. The number of pyridine rings is 3. The Bertz CT molecular complexity index is 2550. The summed E-state index contributed by atoms with van der Waals surface area (Å²) in [6.45, 7) is 0. The third kappa shape index (κ3) is 4.93. The highest BCUT2D eigenvalue weighted by molar-refractivity contribution is 6.22. The fourth-order valence-corrected chi connectivity index (χ4v) is 6.38. The number of rotatable bonds is 5. The van der Waals surface area contributed by atoms with Gasteiger partial charge in [0.1, 0.15) is 0 Å². The van der Waals surface area contributed by atoms with Crippen LogP contribution in [0.3, 0.4) is 0 Å². The van der Waals surface area contributed by atoms with Gasteiger partial charge in [0.15, 0.2) is 17.5 Å². The van der Waals surface area contributed by atoms with Crippen molar-refractivity contribution in [2.45, 2.75) is 0 Å². The van der Waals surface area contributed by atoms with Crippen molar-refractivity contribution in [2.24, 2.45) is 0 Å². The number of benzene rings is 5. The van der Waals surface area contributed by atoms with Crippen molar-refractivity contribution in [3.8, 4) is 56.5 Å². The van der Waals surface area contributed by atoms with Gasteiger partial charge in [-0.25, -0.2) is 19.9 Å². The normalized spacial score (nSPS) is 11.3. The summed E-state index contributed by atoms with van der Waals surface area (Å²) in [5.41, 5.74) is 7.65. The smallest absolute Gasteiger partial charge is 0.165 e. The van der Waals surface area contributed by atoms with E-state index in [-0.39, 0.29) is 0 Å². The first-order chi connectivity index (χ1) is 23.8. The van der Waals surface area contributed by atoms with Gasteiger partial charge >= 0.3 is 0 Å². The van der Waals surface area contributed by atoms with Crippen LogP contribution in [0.15, 0.2) is 158 Å². The summed E-state index contributed by atoms with van der Waals surface area (Å²) in [7, 11) is 0. The highest BCUT2D eigenvalue weighted by Crippen LogP contribution is 2.38. The van der Waals surface area contributed by atoms with Crippen LogP contribution in [0.5, 0.6) is 0 Å². The molecule has 0 unspecified atom stereocenters. The van der Waals surface area contributed by atoms with E-state index in [4.69, 9.17) is 19.9 Å². The molecular formula is C42H26N6. The van der Waals surface area contributed by atoms with Crippen LogP contribution in [0, 0.1) is 0 Å². The van der Waals surface area contributed by atoms with Crippen LogP contribution in [0.2, 0.25) is 0 Å². The van der Waals surface area contributed by atoms with E-state index in [1.54, 1.807) is 24.8 Å². The first-order valence-corrected chi connectivity index (χ1v) is 15.8. The van der Waals surface area contributed by atoms with Crippen molar-refractivity contribution in [1.82, 2.24) is 29.9 Å². The van der Waals surface area contributed by atoms with Crippen LogP contribution in [-0.4, -0.2) is 29.9 Å². The fraction of sp³-hybridized carbons (Fsp3) is 0. The minimum Gasteiger partial charge on any atom is -0.264 e. The molecule has 9 aromatic rings. The molecule has 4 aromatic heterocycles. The molecule has 0 spiro atoms. The molecule has 0 atom stereocenters. The third-order valence-electron chi connectivity index (χ3n) is 8.65. The molecule has 4 heterocycles. The lowest BCUT2D eigenvalue weighted by molar-refractivity contribution is 1.07. The summed E-state index contributed by atoms with van der Waals surface area (Å²) in [5.74, 6) is 1.69. The van der Waals surface area contributed by atoms with Gasteiger partial charge in [0.2, 0.25) is 0 Å². The lowest BCUT2D eigenvalue weighted by Gasteiger charge is -2.14. The number of hydrogen-bond donors (Lipinski definition) is 0. The van der Waals surface area contributed by atoms with Crippen molar-refractivity contribution < 1.29 is 0 Å². The summed E-state index contributed by atoms with van der Waals surface area (Å²) in [5, 5.41) is 5.96. The quantitative estimate of drug-likeness (QED) is 0.180. The predicted molar refractivity (Wildman–Crippen MR) is 193 cm³/mol. The minimum atomic E-state index is 0.557. The highest BCUT2D eigenvalue weighted by atomic mass is 15.0. The van der Waals surface area contributed by atoms with Crippen molar-refractivity contribution in [3.05, 3.63) is 158 Å². The molecular weight excluding hydrogens is 589 g/mol. The van der Waals surface area contributed by atoms with Crippen LogP contribution in [-0.2, 0) is 0 Å². The van der Waals surface area contributed by atoms with Crippen molar-refractivity contribution in [1.29, 1.82) is 0 Å². The second-order valence-electron chi connectivity index (χ2n) is 11.6. The van der Waals surface area contributed by atoms with E-state index >= 15 is 0 Å². The standard InChI is InChI=1S/C42H26N6/c1-2-16-34-27(9-1)19-20-36-38(34)35-17-3-4-18-37(35)45-39(36)30-12-5-10-28(23-30)29-11-6-13-31(24-29)40-46-41(32-14-7-21-43-25-32)48-42(47-40)33-15-8-22-44-26-33/h1-26H. The summed E-state index contributed by atoms with van der Waals surface area (Å²) in [6.07, 6.45) is 7.01.